The molecule has 1 heterocycles. The Morgan fingerprint density at radius 3 is 2.50 bits per heavy atom. The van der Waals surface area contributed by atoms with Gasteiger partial charge in [-0.3, -0.25) is 4.90 Å². The number of hydrogen-bond donors (Lipinski definition) is 0. The van der Waals surface area contributed by atoms with E-state index in [1.807, 2.05) is 0 Å². The van der Waals surface area contributed by atoms with Crippen LogP contribution in [0.1, 0.15) is 11.5 Å². The van der Waals surface area contributed by atoms with Crippen LogP contribution in [0.15, 0.2) is 28.7 Å². The molecule has 1 atom stereocenters. The molecular formula is C13H17BrNO. The fraction of sp³-hybridized carbons (Fsp3) is 0.462. The molecule has 2 nitrogen and oxygen atoms in total. The molecule has 1 saturated heterocycles. The topological polar surface area (TPSA) is 12.5 Å². The standard InChI is InChI=1S/C13H17BrNO/c1-11(10-15-6-8-16-9-7-15)12-2-4-13(14)5-3-12/h2-5,11H,1,6-10H2. The van der Waals surface area contributed by atoms with Crippen LogP contribution in [0.25, 0.3) is 0 Å². The molecule has 0 saturated carbocycles. The van der Waals surface area contributed by atoms with E-state index in [0.717, 1.165) is 37.3 Å². The molecule has 1 radical (unpaired) electrons. The lowest BCUT2D eigenvalue weighted by Gasteiger charge is -2.29. The monoisotopic (exact) mass is 282 g/mol. The molecule has 0 bridgehead atoms. The highest BCUT2D eigenvalue weighted by Gasteiger charge is 2.14. The van der Waals surface area contributed by atoms with E-state index >= 15 is 0 Å². The number of morpholine rings is 1. The number of halogens is 1. The highest BCUT2D eigenvalue weighted by atomic mass is 79.9. The van der Waals surface area contributed by atoms with Crippen molar-refractivity contribution in [3.8, 4) is 0 Å². The summed E-state index contributed by atoms with van der Waals surface area (Å²) in [6, 6.07) is 8.43. The van der Waals surface area contributed by atoms with Crippen molar-refractivity contribution in [2.45, 2.75) is 5.92 Å². The van der Waals surface area contributed by atoms with Crippen molar-refractivity contribution in [1.29, 1.82) is 0 Å². The van der Waals surface area contributed by atoms with Crippen molar-refractivity contribution < 1.29 is 4.74 Å². The van der Waals surface area contributed by atoms with E-state index in [0.29, 0.717) is 5.92 Å². The molecule has 1 unspecified atom stereocenters. The Morgan fingerprint density at radius 2 is 1.88 bits per heavy atom. The lowest BCUT2D eigenvalue weighted by Crippen LogP contribution is -2.38. The Balaban J connectivity index is 1.91. The minimum atomic E-state index is 0.339. The zero-order chi connectivity index (χ0) is 11.4. The maximum Gasteiger partial charge on any atom is 0.0594 e. The van der Waals surface area contributed by atoms with E-state index in [4.69, 9.17) is 4.74 Å². The molecule has 1 aliphatic heterocycles. The minimum Gasteiger partial charge on any atom is -0.379 e. The molecule has 0 N–H and O–H groups in total. The van der Waals surface area contributed by atoms with Gasteiger partial charge in [-0.25, -0.2) is 0 Å². The summed E-state index contributed by atoms with van der Waals surface area (Å²) in [5.74, 6) is 0.339. The summed E-state index contributed by atoms with van der Waals surface area (Å²) < 4.78 is 6.45. The number of benzene rings is 1. The van der Waals surface area contributed by atoms with Gasteiger partial charge in [0.05, 0.1) is 13.2 Å². The first-order valence-corrected chi connectivity index (χ1v) is 6.43. The van der Waals surface area contributed by atoms with Crippen LogP contribution in [0.4, 0.5) is 0 Å². The van der Waals surface area contributed by atoms with Gasteiger partial charge >= 0.3 is 0 Å². The average Bonchev–Trinajstić information content (AvgIpc) is 2.31. The third-order valence-corrected chi connectivity index (χ3v) is 3.45. The third-order valence-electron chi connectivity index (χ3n) is 2.92. The molecule has 3 heteroatoms. The van der Waals surface area contributed by atoms with Crippen LogP contribution in [0.3, 0.4) is 0 Å². The molecule has 0 spiro atoms. The second kappa shape index (κ2) is 5.80. The fourth-order valence-corrected chi connectivity index (χ4v) is 2.20. The van der Waals surface area contributed by atoms with E-state index in [1.54, 1.807) is 0 Å². The molecule has 0 amide bonds. The van der Waals surface area contributed by atoms with Crippen LogP contribution in [-0.2, 0) is 4.74 Å². The summed E-state index contributed by atoms with van der Waals surface area (Å²) in [6.07, 6.45) is 0. The Labute approximate surface area is 106 Å². The maximum atomic E-state index is 5.33. The van der Waals surface area contributed by atoms with E-state index in [2.05, 4.69) is 52.0 Å². The minimum absolute atomic E-state index is 0.339. The van der Waals surface area contributed by atoms with Gasteiger partial charge in [-0.1, -0.05) is 28.1 Å². The highest BCUT2D eigenvalue weighted by molar-refractivity contribution is 9.10. The van der Waals surface area contributed by atoms with Crippen LogP contribution in [0.5, 0.6) is 0 Å². The molecule has 1 fully saturated rings. The molecule has 0 aromatic heterocycles. The molecule has 1 aromatic rings. The van der Waals surface area contributed by atoms with Crippen LogP contribution in [0.2, 0.25) is 0 Å². The van der Waals surface area contributed by atoms with Crippen LogP contribution in [0, 0.1) is 6.92 Å². The summed E-state index contributed by atoms with van der Waals surface area (Å²) in [7, 11) is 0. The summed E-state index contributed by atoms with van der Waals surface area (Å²) >= 11 is 3.45. The van der Waals surface area contributed by atoms with Crippen LogP contribution >= 0.6 is 15.9 Å². The van der Waals surface area contributed by atoms with Gasteiger partial charge in [0.1, 0.15) is 0 Å². The Hall–Kier alpha value is -0.380. The first-order chi connectivity index (χ1) is 7.75. The predicted octanol–water partition coefficient (Wildman–Crippen LogP) is 2.70. The molecule has 1 aliphatic rings. The predicted molar refractivity (Wildman–Crippen MR) is 69.5 cm³/mol. The van der Waals surface area contributed by atoms with Gasteiger partial charge in [-0.05, 0) is 30.5 Å². The maximum absolute atomic E-state index is 5.33. The fourth-order valence-electron chi connectivity index (χ4n) is 1.94. The number of nitrogens with zero attached hydrogens (tertiary/aromatic N) is 1. The normalized spacial score (nSPS) is 19.6. The largest absolute Gasteiger partial charge is 0.379 e. The van der Waals surface area contributed by atoms with E-state index in [-0.39, 0.29) is 0 Å². The van der Waals surface area contributed by atoms with Crippen molar-refractivity contribution in [2.75, 3.05) is 32.8 Å². The van der Waals surface area contributed by atoms with E-state index in [1.165, 1.54) is 5.56 Å². The lowest BCUT2D eigenvalue weighted by molar-refractivity contribution is 0.0367. The third kappa shape index (κ3) is 3.30. The Morgan fingerprint density at radius 1 is 1.25 bits per heavy atom. The van der Waals surface area contributed by atoms with Gasteiger partial charge in [-0.2, -0.15) is 0 Å². The summed E-state index contributed by atoms with van der Waals surface area (Å²) in [5, 5.41) is 0. The molecular weight excluding hydrogens is 266 g/mol. The van der Waals surface area contributed by atoms with Crippen molar-refractivity contribution >= 4 is 15.9 Å². The molecule has 16 heavy (non-hydrogen) atoms. The van der Waals surface area contributed by atoms with Gasteiger partial charge in [0, 0.05) is 24.1 Å². The summed E-state index contributed by atoms with van der Waals surface area (Å²) in [4.78, 5) is 2.42. The quantitative estimate of drug-likeness (QED) is 0.845. The van der Waals surface area contributed by atoms with E-state index < -0.39 is 0 Å². The van der Waals surface area contributed by atoms with Crippen molar-refractivity contribution in [1.82, 2.24) is 4.90 Å². The SMILES string of the molecule is [CH2]C(CN1CCOCC1)c1ccc(Br)cc1. The zero-order valence-corrected chi connectivity index (χ0v) is 10.9. The molecule has 2 rings (SSSR count). The van der Waals surface area contributed by atoms with Gasteiger partial charge in [-0.15, -0.1) is 0 Å². The second-order valence-electron chi connectivity index (χ2n) is 4.16. The average molecular weight is 283 g/mol. The number of rotatable bonds is 3. The highest BCUT2D eigenvalue weighted by Crippen LogP contribution is 2.19. The molecule has 0 aliphatic carbocycles. The Kier molecular flexibility index (Phi) is 4.38. The van der Waals surface area contributed by atoms with Crippen LogP contribution < -0.4 is 0 Å². The Bertz CT molecular complexity index is 319. The summed E-state index contributed by atoms with van der Waals surface area (Å²) in [6.45, 7) is 9.02. The second-order valence-corrected chi connectivity index (χ2v) is 5.08. The summed E-state index contributed by atoms with van der Waals surface area (Å²) in [5.41, 5.74) is 1.30. The number of ether oxygens (including phenoxy) is 1. The van der Waals surface area contributed by atoms with Crippen molar-refractivity contribution in [3.63, 3.8) is 0 Å². The lowest BCUT2D eigenvalue weighted by atomic mass is 10.0. The van der Waals surface area contributed by atoms with E-state index in [9.17, 15) is 0 Å². The van der Waals surface area contributed by atoms with Gasteiger partial charge < -0.3 is 4.74 Å². The van der Waals surface area contributed by atoms with Gasteiger partial charge in [0.25, 0.3) is 0 Å². The van der Waals surface area contributed by atoms with Crippen LogP contribution in [-0.4, -0.2) is 37.7 Å². The molecule has 87 valence electrons. The first-order valence-electron chi connectivity index (χ1n) is 5.64. The van der Waals surface area contributed by atoms with Crippen molar-refractivity contribution in [3.05, 3.63) is 41.2 Å². The van der Waals surface area contributed by atoms with Crippen molar-refractivity contribution in [2.24, 2.45) is 0 Å². The molecule has 1 aromatic carbocycles. The number of hydrogen-bond acceptors (Lipinski definition) is 2. The van der Waals surface area contributed by atoms with Gasteiger partial charge in [0.15, 0.2) is 0 Å². The van der Waals surface area contributed by atoms with Gasteiger partial charge in [0.2, 0.25) is 0 Å². The zero-order valence-electron chi connectivity index (χ0n) is 9.36. The smallest absolute Gasteiger partial charge is 0.0594 e. The first kappa shape index (κ1) is 12.1.